The fraction of sp³-hybridized carbons (Fsp3) is 0.136. The number of allylic oxidation sites excluding steroid dienone is 2. The Kier molecular flexibility index (Phi) is 8.22. The molecule has 11 heteroatoms. The lowest BCUT2D eigenvalue weighted by atomic mass is 9.98. The summed E-state index contributed by atoms with van der Waals surface area (Å²) in [6.07, 6.45) is 4.19. The number of benzene rings is 1. The van der Waals surface area contributed by atoms with E-state index in [9.17, 15) is 9.18 Å². The topological polar surface area (TPSA) is 98.6 Å². The molecule has 1 N–H and O–H groups in total. The van der Waals surface area contributed by atoms with Crippen molar-refractivity contribution in [3.05, 3.63) is 76.9 Å². The maximum atomic E-state index is 14.6. The number of methoxy groups -OCH3 is 1. The molecule has 3 aromatic rings. The van der Waals surface area contributed by atoms with Crippen molar-refractivity contribution in [2.75, 3.05) is 19.5 Å². The van der Waals surface area contributed by atoms with Gasteiger partial charge in [0.1, 0.15) is 18.2 Å². The number of nitrogens with zero attached hydrogens (tertiary/aromatic N) is 4. The highest BCUT2D eigenvalue weighted by Gasteiger charge is 2.21. The molecule has 0 saturated heterocycles. The largest absolute Gasteiger partial charge is 0.496 e. The summed E-state index contributed by atoms with van der Waals surface area (Å²) in [4.78, 5) is 21.1. The average molecular weight is 488 g/mol. The van der Waals surface area contributed by atoms with Crippen molar-refractivity contribution in [3.8, 4) is 10.9 Å². The zero-order valence-corrected chi connectivity index (χ0v) is 19.3. The van der Waals surface area contributed by atoms with Gasteiger partial charge in [-0.3, -0.25) is 20.1 Å². The number of hydrogen-bond donors (Lipinski definition) is 1. The van der Waals surface area contributed by atoms with Crippen LogP contribution < -0.4 is 14.8 Å². The van der Waals surface area contributed by atoms with Gasteiger partial charge in [-0.2, -0.15) is 0 Å². The number of halogens is 2. The Morgan fingerprint density at radius 3 is 2.82 bits per heavy atom. The van der Waals surface area contributed by atoms with Gasteiger partial charge in [0.05, 0.1) is 29.0 Å². The molecule has 0 bridgehead atoms. The number of nitrogens with one attached hydrogen (secondary N) is 1. The highest BCUT2D eigenvalue weighted by atomic mass is 35.5. The first-order valence-corrected chi connectivity index (χ1v) is 10.7. The van der Waals surface area contributed by atoms with Crippen LogP contribution in [0.25, 0.3) is 5.57 Å². The SMILES string of the molecule is C=C/C(=C(\C=N/C)C(=O)Nc1nnc(OCc2ccc(Cl)cn2)s1)c1c(F)cccc1OC. The van der Waals surface area contributed by atoms with Crippen LogP contribution in [-0.2, 0) is 11.4 Å². The molecule has 170 valence electrons. The minimum absolute atomic E-state index is 0.0685. The number of ether oxygens (including phenoxy) is 2. The normalized spacial score (nSPS) is 11.8. The molecule has 1 aromatic carbocycles. The number of carbonyl (C=O) groups excluding carboxylic acids is 1. The lowest BCUT2D eigenvalue weighted by Gasteiger charge is -2.13. The molecule has 3 rings (SSSR count). The van der Waals surface area contributed by atoms with E-state index in [1.54, 1.807) is 18.2 Å². The summed E-state index contributed by atoms with van der Waals surface area (Å²) < 4.78 is 25.4. The van der Waals surface area contributed by atoms with Gasteiger partial charge >= 0.3 is 0 Å². The third-order valence-corrected chi connectivity index (χ3v) is 5.20. The molecule has 0 aliphatic heterocycles. The van der Waals surface area contributed by atoms with Crippen molar-refractivity contribution in [2.45, 2.75) is 6.61 Å². The fourth-order valence-electron chi connectivity index (χ4n) is 2.77. The predicted molar refractivity (Wildman–Crippen MR) is 127 cm³/mol. The molecule has 0 spiro atoms. The van der Waals surface area contributed by atoms with Gasteiger partial charge in [0.15, 0.2) is 0 Å². The average Bonchev–Trinajstić information content (AvgIpc) is 3.26. The van der Waals surface area contributed by atoms with Gasteiger partial charge < -0.3 is 9.47 Å². The van der Waals surface area contributed by atoms with E-state index in [-0.39, 0.29) is 39.4 Å². The standard InChI is InChI=1S/C22H19ClFN5O3S/c1-4-15(19-17(24)6-5-7-18(19)31-3)16(11-25-2)20(30)27-21-28-29-22(33-21)32-12-14-9-8-13(23)10-26-14/h4-11H,1,12H2,2-3H3,(H,27,28,30)/b16-15-,25-11-. The van der Waals surface area contributed by atoms with E-state index in [1.165, 1.54) is 44.8 Å². The number of aromatic nitrogens is 3. The minimum atomic E-state index is -0.581. The molecule has 0 aliphatic carbocycles. The third kappa shape index (κ3) is 5.99. The predicted octanol–water partition coefficient (Wildman–Crippen LogP) is 4.59. The second-order valence-corrected chi connectivity index (χ2v) is 7.70. The monoisotopic (exact) mass is 487 g/mol. The summed E-state index contributed by atoms with van der Waals surface area (Å²) in [7, 11) is 2.91. The van der Waals surface area contributed by atoms with E-state index in [1.807, 2.05) is 0 Å². The Morgan fingerprint density at radius 1 is 1.33 bits per heavy atom. The van der Waals surface area contributed by atoms with Crippen LogP contribution in [0.15, 0.2) is 59.7 Å². The Balaban J connectivity index is 1.82. The van der Waals surface area contributed by atoms with E-state index < -0.39 is 11.7 Å². The molecule has 33 heavy (non-hydrogen) atoms. The van der Waals surface area contributed by atoms with Crippen molar-refractivity contribution in [2.24, 2.45) is 4.99 Å². The molecule has 2 aromatic heterocycles. The number of aliphatic imine (C=N–C) groups is 1. The van der Waals surface area contributed by atoms with E-state index >= 15 is 0 Å². The number of anilines is 1. The molecule has 0 atom stereocenters. The van der Waals surface area contributed by atoms with E-state index in [4.69, 9.17) is 21.1 Å². The molecule has 0 unspecified atom stereocenters. The van der Waals surface area contributed by atoms with Gasteiger partial charge in [-0.05, 0) is 35.6 Å². The molecular weight excluding hydrogens is 469 g/mol. The summed E-state index contributed by atoms with van der Waals surface area (Å²) in [5.74, 6) is -0.897. The maximum absolute atomic E-state index is 14.6. The Bertz CT molecular complexity index is 1210. The zero-order valence-electron chi connectivity index (χ0n) is 17.7. The lowest BCUT2D eigenvalue weighted by Crippen LogP contribution is -2.17. The number of hydrogen-bond acceptors (Lipinski definition) is 8. The molecule has 0 saturated carbocycles. The van der Waals surface area contributed by atoms with Crippen LogP contribution in [0.3, 0.4) is 0 Å². The fourth-order valence-corrected chi connectivity index (χ4v) is 3.47. The van der Waals surface area contributed by atoms with Crippen LogP contribution >= 0.6 is 22.9 Å². The van der Waals surface area contributed by atoms with Gasteiger partial charge in [-0.1, -0.05) is 35.4 Å². The number of pyridine rings is 1. The van der Waals surface area contributed by atoms with Crippen molar-refractivity contribution in [1.29, 1.82) is 0 Å². The summed E-state index contributed by atoms with van der Waals surface area (Å²) in [6, 6.07) is 7.79. The summed E-state index contributed by atoms with van der Waals surface area (Å²) in [6.45, 7) is 3.88. The van der Waals surface area contributed by atoms with Gasteiger partial charge in [0.25, 0.3) is 11.1 Å². The Morgan fingerprint density at radius 2 is 2.15 bits per heavy atom. The first kappa shape index (κ1) is 24.0. The second kappa shape index (κ2) is 11.3. The van der Waals surface area contributed by atoms with Gasteiger partial charge in [0, 0.05) is 25.0 Å². The number of amides is 1. The summed E-state index contributed by atoms with van der Waals surface area (Å²) in [5.41, 5.74) is 1.03. The maximum Gasteiger partial charge on any atom is 0.296 e. The van der Waals surface area contributed by atoms with E-state index in [0.29, 0.717) is 10.7 Å². The molecule has 8 nitrogen and oxygen atoms in total. The highest BCUT2D eigenvalue weighted by molar-refractivity contribution is 7.17. The summed E-state index contributed by atoms with van der Waals surface area (Å²) >= 11 is 6.84. The molecule has 0 radical (unpaired) electrons. The quantitative estimate of drug-likeness (QED) is 0.269. The van der Waals surface area contributed by atoms with Crippen molar-refractivity contribution in [3.63, 3.8) is 0 Å². The number of rotatable bonds is 9. The van der Waals surface area contributed by atoms with E-state index in [2.05, 4.69) is 32.1 Å². The van der Waals surface area contributed by atoms with Gasteiger partial charge in [0.2, 0.25) is 5.13 Å². The minimum Gasteiger partial charge on any atom is -0.496 e. The van der Waals surface area contributed by atoms with Crippen LogP contribution in [0.2, 0.25) is 5.02 Å². The van der Waals surface area contributed by atoms with Crippen LogP contribution in [0, 0.1) is 5.82 Å². The first-order chi connectivity index (χ1) is 16.0. The molecule has 0 aliphatic rings. The Hall–Kier alpha value is -3.63. The van der Waals surface area contributed by atoms with Crippen LogP contribution in [0.1, 0.15) is 11.3 Å². The van der Waals surface area contributed by atoms with Crippen LogP contribution in [-0.4, -0.2) is 41.5 Å². The molecular formula is C22H19ClFN5O3S. The second-order valence-electron chi connectivity index (χ2n) is 6.32. The zero-order chi connectivity index (χ0) is 23.8. The highest BCUT2D eigenvalue weighted by Crippen LogP contribution is 2.32. The van der Waals surface area contributed by atoms with Crippen molar-refractivity contribution in [1.82, 2.24) is 15.2 Å². The van der Waals surface area contributed by atoms with Gasteiger partial charge in [-0.25, -0.2) is 4.39 Å². The smallest absolute Gasteiger partial charge is 0.296 e. The third-order valence-electron chi connectivity index (χ3n) is 4.22. The lowest BCUT2D eigenvalue weighted by molar-refractivity contribution is -0.112. The summed E-state index contributed by atoms with van der Waals surface area (Å²) in [5, 5.41) is 11.4. The first-order valence-electron chi connectivity index (χ1n) is 9.46. The van der Waals surface area contributed by atoms with Gasteiger partial charge in [-0.15, -0.1) is 5.10 Å². The van der Waals surface area contributed by atoms with Crippen LogP contribution in [0.4, 0.5) is 9.52 Å². The molecule has 2 heterocycles. The Labute approximate surface area is 198 Å². The number of carbonyl (C=O) groups is 1. The molecule has 1 amide bonds. The van der Waals surface area contributed by atoms with Crippen LogP contribution in [0.5, 0.6) is 10.9 Å². The van der Waals surface area contributed by atoms with Crippen molar-refractivity contribution >= 4 is 45.8 Å². The van der Waals surface area contributed by atoms with Crippen molar-refractivity contribution < 1.29 is 18.7 Å². The molecule has 0 fully saturated rings. The van der Waals surface area contributed by atoms with E-state index in [0.717, 1.165) is 11.3 Å².